The first-order chi connectivity index (χ1) is 11.0. The molecular weight excluding hydrogens is 294 g/mol. The number of carbonyl (C=O) groups excluding carboxylic acids is 2. The lowest BCUT2D eigenvalue weighted by Gasteiger charge is -2.34. The molecule has 0 saturated carbocycles. The fourth-order valence-corrected chi connectivity index (χ4v) is 2.42. The summed E-state index contributed by atoms with van der Waals surface area (Å²) in [5.41, 5.74) is 2.31. The summed E-state index contributed by atoms with van der Waals surface area (Å²) >= 11 is 0. The molecule has 1 aliphatic heterocycles. The molecule has 0 N–H and O–H groups in total. The van der Waals surface area contributed by atoms with Crippen LogP contribution in [0.15, 0.2) is 18.2 Å². The van der Waals surface area contributed by atoms with E-state index in [2.05, 4.69) is 0 Å². The highest BCUT2D eigenvalue weighted by atomic mass is 16.5. The number of benzene rings is 1. The van der Waals surface area contributed by atoms with Crippen LogP contribution in [0.5, 0.6) is 5.75 Å². The van der Waals surface area contributed by atoms with E-state index in [0.29, 0.717) is 31.9 Å². The van der Waals surface area contributed by atoms with Crippen molar-refractivity contribution in [2.45, 2.75) is 20.3 Å². The van der Waals surface area contributed by atoms with Gasteiger partial charge in [-0.2, -0.15) is 5.26 Å². The van der Waals surface area contributed by atoms with Gasteiger partial charge in [0.2, 0.25) is 5.91 Å². The number of piperazine rings is 1. The molecule has 1 aromatic rings. The highest BCUT2D eigenvalue weighted by molar-refractivity contribution is 5.80. The minimum Gasteiger partial charge on any atom is -0.484 e. The number of ether oxygens (including phenoxy) is 1. The van der Waals surface area contributed by atoms with Gasteiger partial charge in [-0.25, -0.2) is 0 Å². The van der Waals surface area contributed by atoms with Gasteiger partial charge in [-0.3, -0.25) is 9.59 Å². The maximum Gasteiger partial charge on any atom is 0.260 e. The van der Waals surface area contributed by atoms with Gasteiger partial charge in [0.25, 0.3) is 5.91 Å². The van der Waals surface area contributed by atoms with E-state index in [9.17, 15) is 9.59 Å². The molecule has 0 radical (unpaired) electrons. The number of nitriles is 1. The summed E-state index contributed by atoms with van der Waals surface area (Å²) in [6.07, 6.45) is -0.107. The maximum absolute atomic E-state index is 12.2. The average Bonchev–Trinajstić information content (AvgIpc) is 2.56. The van der Waals surface area contributed by atoms with Crippen molar-refractivity contribution in [2.75, 3.05) is 32.8 Å². The molecule has 0 aromatic heterocycles. The summed E-state index contributed by atoms with van der Waals surface area (Å²) in [7, 11) is 0. The monoisotopic (exact) mass is 315 g/mol. The van der Waals surface area contributed by atoms with Crippen molar-refractivity contribution in [3.63, 3.8) is 0 Å². The Balaban J connectivity index is 1.80. The third kappa shape index (κ3) is 4.46. The van der Waals surface area contributed by atoms with E-state index < -0.39 is 0 Å². The van der Waals surface area contributed by atoms with Gasteiger partial charge in [0, 0.05) is 26.2 Å². The summed E-state index contributed by atoms with van der Waals surface area (Å²) < 4.78 is 5.55. The fraction of sp³-hybridized carbons (Fsp3) is 0.471. The SMILES string of the molecule is Cc1ccc(OCC(=O)N2CCN(C(=O)CC#N)CC2)cc1C. The van der Waals surface area contributed by atoms with E-state index in [4.69, 9.17) is 10.00 Å². The third-order valence-electron chi connectivity index (χ3n) is 4.06. The van der Waals surface area contributed by atoms with E-state index in [1.54, 1.807) is 9.80 Å². The quantitative estimate of drug-likeness (QED) is 0.838. The van der Waals surface area contributed by atoms with Gasteiger partial charge in [0.15, 0.2) is 6.61 Å². The molecule has 0 atom stereocenters. The van der Waals surface area contributed by atoms with Gasteiger partial charge in [0.05, 0.1) is 6.07 Å². The molecule has 0 unspecified atom stereocenters. The van der Waals surface area contributed by atoms with Crippen molar-refractivity contribution in [1.29, 1.82) is 5.26 Å². The predicted octanol–water partition coefficient (Wildman–Crippen LogP) is 1.27. The van der Waals surface area contributed by atoms with Gasteiger partial charge in [0.1, 0.15) is 12.2 Å². The first-order valence-electron chi connectivity index (χ1n) is 7.64. The van der Waals surface area contributed by atoms with Gasteiger partial charge >= 0.3 is 0 Å². The minimum atomic E-state index is -0.175. The van der Waals surface area contributed by atoms with Crippen LogP contribution < -0.4 is 4.74 Å². The third-order valence-corrected chi connectivity index (χ3v) is 4.06. The molecule has 0 bridgehead atoms. The molecule has 1 heterocycles. The van der Waals surface area contributed by atoms with Crippen LogP contribution in [0.4, 0.5) is 0 Å². The zero-order valence-corrected chi connectivity index (χ0v) is 13.5. The Hall–Kier alpha value is -2.55. The Kier molecular flexibility index (Phi) is 5.58. The highest BCUT2D eigenvalue weighted by Crippen LogP contribution is 2.16. The summed E-state index contributed by atoms with van der Waals surface area (Å²) in [5, 5.41) is 8.54. The van der Waals surface area contributed by atoms with E-state index in [-0.39, 0.29) is 24.8 Å². The molecule has 23 heavy (non-hydrogen) atoms. The van der Waals surface area contributed by atoms with Crippen LogP contribution in [-0.2, 0) is 9.59 Å². The summed E-state index contributed by atoms with van der Waals surface area (Å²) in [5.74, 6) is 0.422. The molecule has 1 fully saturated rings. The van der Waals surface area contributed by atoms with Crippen LogP contribution in [-0.4, -0.2) is 54.4 Å². The lowest BCUT2D eigenvalue weighted by molar-refractivity contribution is -0.140. The van der Waals surface area contributed by atoms with Crippen molar-refractivity contribution < 1.29 is 14.3 Å². The van der Waals surface area contributed by atoms with E-state index in [1.807, 2.05) is 38.1 Å². The van der Waals surface area contributed by atoms with Crippen LogP contribution in [0, 0.1) is 25.2 Å². The lowest BCUT2D eigenvalue weighted by Crippen LogP contribution is -2.51. The van der Waals surface area contributed by atoms with Crippen LogP contribution in [0.3, 0.4) is 0 Å². The Bertz CT molecular complexity index is 628. The molecule has 0 aliphatic carbocycles. The zero-order chi connectivity index (χ0) is 16.8. The van der Waals surface area contributed by atoms with Crippen LogP contribution >= 0.6 is 0 Å². The molecular formula is C17H21N3O3. The topological polar surface area (TPSA) is 73.6 Å². The van der Waals surface area contributed by atoms with Crippen LogP contribution in [0.1, 0.15) is 17.5 Å². The van der Waals surface area contributed by atoms with Crippen molar-refractivity contribution in [3.05, 3.63) is 29.3 Å². The van der Waals surface area contributed by atoms with Crippen LogP contribution in [0.2, 0.25) is 0 Å². The Labute approximate surface area is 136 Å². The first kappa shape index (κ1) is 16.8. The fourth-order valence-electron chi connectivity index (χ4n) is 2.42. The molecule has 0 spiro atoms. The molecule has 6 heteroatoms. The number of carbonyl (C=O) groups is 2. The second-order valence-corrected chi connectivity index (χ2v) is 5.63. The second-order valence-electron chi connectivity index (χ2n) is 5.63. The summed E-state index contributed by atoms with van der Waals surface area (Å²) in [4.78, 5) is 27.1. The van der Waals surface area contributed by atoms with E-state index in [1.165, 1.54) is 5.56 Å². The number of hydrogen-bond donors (Lipinski definition) is 0. The largest absolute Gasteiger partial charge is 0.484 e. The number of hydrogen-bond acceptors (Lipinski definition) is 4. The lowest BCUT2D eigenvalue weighted by atomic mass is 10.1. The van der Waals surface area contributed by atoms with Gasteiger partial charge in [-0.05, 0) is 37.1 Å². The Morgan fingerprint density at radius 3 is 2.26 bits per heavy atom. The highest BCUT2D eigenvalue weighted by Gasteiger charge is 2.24. The standard InChI is InChI=1S/C17H21N3O3/c1-13-3-4-15(11-14(13)2)23-12-17(22)20-9-7-19(8-10-20)16(21)5-6-18/h3-4,11H,5,7-10,12H2,1-2H3. The van der Waals surface area contributed by atoms with Crippen molar-refractivity contribution in [3.8, 4) is 11.8 Å². The Morgan fingerprint density at radius 2 is 1.70 bits per heavy atom. The van der Waals surface area contributed by atoms with E-state index >= 15 is 0 Å². The number of amides is 2. The smallest absolute Gasteiger partial charge is 0.260 e. The molecule has 6 nitrogen and oxygen atoms in total. The second kappa shape index (κ2) is 7.63. The molecule has 2 rings (SSSR count). The molecule has 122 valence electrons. The first-order valence-corrected chi connectivity index (χ1v) is 7.64. The molecule has 1 aliphatic rings. The van der Waals surface area contributed by atoms with Gasteiger partial charge in [-0.1, -0.05) is 6.07 Å². The number of rotatable bonds is 4. The van der Waals surface area contributed by atoms with Crippen molar-refractivity contribution in [1.82, 2.24) is 9.80 Å². The van der Waals surface area contributed by atoms with Crippen molar-refractivity contribution in [2.24, 2.45) is 0 Å². The average molecular weight is 315 g/mol. The van der Waals surface area contributed by atoms with Gasteiger partial charge in [-0.15, -0.1) is 0 Å². The molecule has 1 saturated heterocycles. The summed E-state index contributed by atoms with van der Waals surface area (Å²) in [6, 6.07) is 7.59. The predicted molar refractivity (Wildman–Crippen MR) is 84.8 cm³/mol. The maximum atomic E-state index is 12.2. The summed E-state index contributed by atoms with van der Waals surface area (Å²) in [6.45, 7) is 5.91. The Morgan fingerprint density at radius 1 is 1.09 bits per heavy atom. The number of nitrogens with zero attached hydrogens (tertiary/aromatic N) is 3. The zero-order valence-electron chi connectivity index (χ0n) is 13.5. The van der Waals surface area contributed by atoms with Crippen molar-refractivity contribution >= 4 is 11.8 Å². The normalized spacial score (nSPS) is 14.3. The van der Waals surface area contributed by atoms with Crippen LogP contribution in [0.25, 0.3) is 0 Å². The molecule has 1 aromatic carbocycles. The van der Waals surface area contributed by atoms with Gasteiger partial charge < -0.3 is 14.5 Å². The molecule has 2 amide bonds. The minimum absolute atomic E-state index is 0.00531. The van der Waals surface area contributed by atoms with E-state index in [0.717, 1.165) is 5.56 Å². The number of aryl methyl sites for hydroxylation is 2.